The van der Waals surface area contributed by atoms with Crippen LogP contribution < -0.4 is 23.8 Å². The molecule has 0 bridgehead atoms. The molecule has 2 unspecified atom stereocenters. The fourth-order valence-corrected chi connectivity index (χ4v) is 5.26. The van der Waals surface area contributed by atoms with E-state index in [4.69, 9.17) is 33.8 Å². The SMILES string of the molecule is C/C=C\C=C/N.C=C/C=C\C=N.COP(Oc1ccccn1)Oc1cccc2c1C(=O)c1c(OP(O)Oc3ccccn3)cccc1C2=O. The van der Waals surface area contributed by atoms with Crippen LogP contribution in [0.3, 0.4) is 0 Å². The van der Waals surface area contributed by atoms with Gasteiger partial charge in [-0.2, -0.15) is 0 Å². The van der Waals surface area contributed by atoms with Gasteiger partial charge in [0.25, 0.3) is 0 Å². The number of hydrogen-bond donors (Lipinski definition) is 3. The van der Waals surface area contributed by atoms with E-state index in [1.165, 1.54) is 50.0 Å². The maximum Gasteiger partial charge on any atom is 0.464 e. The second-order valence-corrected chi connectivity index (χ2v) is 11.1. The Balaban J connectivity index is 0.000000465. The lowest BCUT2D eigenvalue weighted by molar-refractivity contribution is 0.0975. The second-order valence-electron chi connectivity index (χ2n) is 9.06. The minimum absolute atomic E-state index is 0.0143. The predicted octanol–water partition coefficient (Wildman–Crippen LogP) is 7.67. The number of aromatic nitrogens is 2. The highest BCUT2D eigenvalue weighted by atomic mass is 31.2. The molecule has 14 heteroatoms. The standard InChI is InChI=1S/C25H18N2O8P2.C5H9N.C5H7N/c1-31-37(35-21-13-3-5-15-27-21)33-19-11-7-9-17-23(19)25(29)22-16(24(17)28)8-6-10-18(22)32-36(30)34-20-12-2-4-14-26-20;2*1-2-3-4-5-6/h2-15,30H,1H3;2-5H,6H2,1H3;2-6H,1H2/b;3-2-,5-4-;4-3-,6-5?. The second kappa shape index (κ2) is 20.7. The van der Waals surface area contributed by atoms with Gasteiger partial charge in [0, 0.05) is 49.0 Å². The molecule has 2 aromatic carbocycles. The highest BCUT2D eigenvalue weighted by molar-refractivity contribution is 7.42. The fraction of sp³-hybridized carbons (Fsp3) is 0.0571. The molecule has 0 saturated carbocycles. The summed E-state index contributed by atoms with van der Waals surface area (Å²) in [5.41, 5.74) is 5.28. The summed E-state index contributed by atoms with van der Waals surface area (Å²) in [4.78, 5) is 45.5. The Bertz CT molecular complexity index is 1770. The van der Waals surface area contributed by atoms with Crippen LogP contribution in [0.1, 0.15) is 38.8 Å². The zero-order valence-electron chi connectivity index (χ0n) is 26.6. The van der Waals surface area contributed by atoms with Gasteiger partial charge >= 0.3 is 17.2 Å². The lowest BCUT2D eigenvalue weighted by atomic mass is 9.83. The number of hydrogen-bond acceptors (Lipinski definition) is 12. The average Bonchev–Trinajstić information content (AvgIpc) is 3.13. The molecule has 4 N–H and O–H groups in total. The smallest absolute Gasteiger partial charge is 0.417 e. The lowest BCUT2D eigenvalue weighted by Crippen LogP contribution is -2.22. The molecule has 1 aliphatic rings. The van der Waals surface area contributed by atoms with E-state index in [-0.39, 0.29) is 45.5 Å². The van der Waals surface area contributed by atoms with E-state index >= 15 is 0 Å². The quantitative estimate of drug-likeness (QED) is 0.0661. The van der Waals surface area contributed by atoms with Crippen LogP contribution in [-0.2, 0) is 4.52 Å². The molecule has 1 aliphatic carbocycles. The molecule has 0 amide bonds. The van der Waals surface area contributed by atoms with Gasteiger partial charge in [0.05, 0.1) is 11.1 Å². The molecule has 2 heterocycles. The zero-order chi connectivity index (χ0) is 35.4. The van der Waals surface area contributed by atoms with Gasteiger partial charge in [-0.3, -0.25) is 14.1 Å². The van der Waals surface area contributed by atoms with Crippen molar-refractivity contribution in [2.45, 2.75) is 6.92 Å². The Hall–Kier alpha value is -5.51. The van der Waals surface area contributed by atoms with E-state index < -0.39 is 28.8 Å². The maximum absolute atomic E-state index is 13.7. The Morgan fingerprint density at radius 3 is 1.80 bits per heavy atom. The molecule has 4 aromatic rings. The summed E-state index contributed by atoms with van der Waals surface area (Å²) in [5, 5.41) is 6.45. The molecule has 5 rings (SSSR count). The molecule has 12 nitrogen and oxygen atoms in total. The summed E-state index contributed by atoms with van der Waals surface area (Å²) in [6.45, 7) is 5.35. The number of allylic oxidation sites excluding steroid dienone is 6. The van der Waals surface area contributed by atoms with Crippen molar-refractivity contribution in [1.82, 2.24) is 9.97 Å². The van der Waals surface area contributed by atoms with Crippen LogP contribution in [0.5, 0.6) is 23.3 Å². The third-order valence-electron chi connectivity index (χ3n) is 5.87. The van der Waals surface area contributed by atoms with E-state index in [1.54, 1.807) is 79.0 Å². The maximum atomic E-state index is 13.7. The first kappa shape index (κ1) is 37.9. The summed E-state index contributed by atoms with van der Waals surface area (Å²) >= 11 is 0. The number of carbonyl (C=O) groups is 2. The van der Waals surface area contributed by atoms with Gasteiger partial charge in [-0.25, -0.2) is 9.97 Å². The Kier molecular flexibility index (Phi) is 16.0. The van der Waals surface area contributed by atoms with E-state index in [2.05, 4.69) is 16.5 Å². The fourth-order valence-electron chi connectivity index (χ4n) is 3.88. The summed E-state index contributed by atoms with van der Waals surface area (Å²) in [7, 11) is -3.11. The number of nitrogens with two attached hydrogens (primary N) is 1. The average molecular weight is 701 g/mol. The van der Waals surface area contributed by atoms with Gasteiger partial charge in [0.1, 0.15) is 11.5 Å². The number of ketones is 2. The zero-order valence-corrected chi connectivity index (χ0v) is 28.4. The molecular formula is C35H34N4O8P2. The van der Waals surface area contributed by atoms with Gasteiger partial charge in [-0.05, 0) is 49.5 Å². The number of nitrogens with zero attached hydrogens (tertiary/aromatic N) is 2. The van der Waals surface area contributed by atoms with Crippen LogP contribution in [0.2, 0.25) is 0 Å². The summed E-state index contributed by atoms with van der Waals surface area (Å²) in [6.07, 6.45) is 16.3. The van der Waals surface area contributed by atoms with Gasteiger partial charge < -0.3 is 34.1 Å². The molecule has 0 saturated heterocycles. The van der Waals surface area contributed by atoms with Gasteiger partial charge in [0.2, 0.25) is 17.5 Å². The first-order valence-corrected chi connectivity index (χ1v) is 16.6. The molecule has 49 heavy (non-hydrogen) atoms. The normalized spacial score (nSPS) is 12.8. The lowest BCUT2D eigenvalue weighted by Gasteiger charge is -2.23. The van der Waals surface area contributed by atoms with E-state index in [0.29, 0.717) is 0 Å². The number of carbonyl (C=O) groups excluding carboxylic acids is 2. The predicted molar refractivity (Wildman–Crippen MR) is 190 cm³/mol. The Morgan fingerprint density at radius 2 is 1.35 bits per heavy atom. The molecule has 0 radical (unpaired) electrons. The Labute approximate surface area is 286 Å². The molecule has 2 aromatic heterocycles. The molecule has 252 valence electrons. The van der Waals surface area contributed by atoms with Crippen molar-refractivity contribution in [2.24, 2.45) is 5.73 Å². The largest absolute Gasteiger partial charge is 0.464 e. The molecular weight excluding hydrogens is 666 g/mol. The minimum atomic E-state index is -2.50. The topological polar surface area (TPSA) is 176 Å². The molecule has 0 aliphatic heterocycles. The Morgan fingerprint density at radius 1 is 0.755 bits per heavy atom. The van der Waals surface area contributed by atoms with E-state index in [0.717, 1.165) is 0 Å². The third-order valence-corrected chi connectivity index (χ3v) is 7.54. The number of benzene rings is 2. The molecule has 0 fully saturated rings. The molecule has 0 spiro atoms. The first-order chi connectivity index (χ1) is 23.9. The van der Waals surface area contributed by atoms with Crippen LogP contribution in [0.4, 0.5) is 0 Å². The monoisotopic (exact) mass is 700 g/mol. The van der Waals surface area contributed by atoms with Crippen LogP contribution >= 0.6 is 17.2 Å². The van der Waals surface area contributed by atoms with Crippen molar-refractivity contribution >= 4 is 35.0 Å². The van der Waals surface area contributed by atoms with Gasteiger partial charge in [-0.1, -0.05) is 67.3 Å². The highest BCUT2D eigenvalue weighted by Crippen LogP contribution is 2.46. The van der Waals surface area contributed by atoms with Crippen molar-refractivity contribution in [2.75, 3.05) is 7.11 Å². The van der Waals surface area contributed by atoms with E-state index in [1.807, 2.05) is 19.1 Å². The summed E-state index contributed by atoms with van der Waals surface area (Å²) in [6, 6.07) is 19.3. The van der Waals surface area contributed by atoms with Crippen LogP contribution in [0.25, 0.3) is 0 Å². The van der Waals surface area contributed by atoms with Gasteiger partial charge in [0.15, 0.2) is 5.78 Å². The third kappa shape index (κ3) is 11.3. The minimum Gasteiger partial charge on any atom is -0.417 e. The van der Waals surface area contributed by atoms with Crippen molar-refractivity contribution < 1.29 is 37.1 Å². The van der Waals surface area contributed by atoms with Gasteiger partial charge in [-0.15, -0.1) is 0 Å². The van der Waals surface area contributed by atoms with Crippen LogP contribution in [-0.4, -0.2) is 39.8 Å². The van der Waals surface area contributed by atoms with Crippen LogP contribution in [0, 0.1) is 5.41 Å². The van der Waals surface area contributed by atoms with E-state index in [9.17, 15) is 14.5 Å². The van der Waals surface area contributed by atoms with Crippen molar-refractivity contribution in [3.05, 3.63) is 157 Å². The number of rotatable bonds is 12. The molecule has 2 atom stereocenters. The summed E-state index contributed by atoms with van der Waals surface area (Å²) in [5.74, 6) is -0.435. The number of fused-ring (bicyclic) bond motifs is 2. The highest BCUT2D eigenvalue weighted by Gasteiger charge is 2.36. The van der Waals surface area contributed by atoms with Crippen molar-refractivity contribution in [3.63, 3.8) is 0 Å². The first-order valence-electron chi connectivity index (χ1n) is 14.4. The number of nitrogens with one attached hydrogen (secondary N) is 1. The summed E-state index contributed by atoms with van der Waals surface area (Å²) < 4.78 is 27.7. The van der Waals surface area contributed by atoms with Crippen molar-refractivity contribution in [3.8, 4) is 23.3 Å². The van der Waals surface area contributed by atoms with Crippen LogP contribution in [0.15, 0.2) is 134 Å². The van der Waals surface area contributed by atoms with Crippen molar-refractivity contribution in [1.29, 1.82) is 5.41 Å². The number of pyridine rings is 2.